The predicted octanol–water partition coefficient (Wildman–Crippen LogP) is 9.31. The van der Waals surface area contributed by atoms with Gasteiger partial charge in [-0.15, -0.1) is 0 Å². The van der Waals surface area contributed by atoms with Crippen molar-refractivity contribution in [1.29, 1.82) is 5.26 Å². The van der Waals surface area contributed by atoms with Gasteiger partial charge in [-0.05, 0) is 72.4 Å². The predicted molar refractivity (Wildman–Crippen MR) is 155 cm³/mol. The van der Waals surface area contributed by atoms with Crippen LogP contribution in [0, 0.1) is 11.3 Å². The van der Waals surface area contributed by atoms with Gasteiger partial charge in [0, 0.05) is 0 Å². The van der Waals surface area contributed by atoms with Gasteiger partial charge >= 0.3 is 5.97 Å². The maximum atomic E-state index is 12.7. The number of unbranched alkanes of at least 4 members (excludes halogenated alkanes) is 8. The molecule has 0 fully saturated rings. The number of ether oxygens (including phenoxy) is 2. The molecule has 200 valence electrons. The second kappa shape index (κ2) is 16.3. The monoisotopic (exact) mass is 511 g/mol. The Bertz CT molecular complexity index is 1160. The van der Waals surface area contributed by atoms with Crippen LogP contribution in [0.2, 0.25) is 0 Å². The number of rotatable bonds is 16. The molecular formula is C34H41NO3. The molecule has 3 aromatic carbocycles. The van der Waals surface area contributed by atoms with Crippen molar-refractivity contribution in [2.45, 2.75) is 84.5 Å². The van der Waals surface area contributed by atoms with Gasteiger partial charge in [0.15, 0.2) is 0 Å². The van der Waals surface area contributed by atoms with E-state index in [4.69, 9.17) is 9.47 Å². The van der Waals surface area contributed by atoms with Crippen molar-refractivity contribution in [1.82, 2.24) is 0 Å². The van der Waals surface area contributed by atoms with Gasteiger partial charge in [-0.3, -0.25) is 0 Å². The Balaban J connectivity index is 1.50. The minimum atomic E-state index is -0.460. The molecule has 0 bridgehead atoms. The Morgan fingerprint density at radius 1 is 0.711 bits per heavy atom. The highest BCUT2D eigenvalue weighted by molar-refractivity contribution is 5.91. The smallest absolute Gasteiger partial charge is 0.343 e. The van der Waals surface area contributed by atoms with E-state index >= 15 is 0 Å². The maximum Gasteiger partial charge on any atom is 0.343 e. The third-order valence-corrected chi connectivity index (χ3v) is 6.78. The summed E-state index contributed by atoms with van der Waals surface area (Å²) >= 11 is 0. The molecule has 0 aliphatic carbocycles. The first-order valence-corrected chi connectivity index (χ1v) is 14.2. The van der Waals surface area contributed by atoms with Crippen LogP contribution in [0.25, 0.3) is 11.1 Å². The average molecular weight is 512 g/mol. The third-order valence-electron chi connectivity index (χ3n) is 6.78. The van der Waals surface area contributed by atoms with Gasteiger partial charge in [0.05, 0.1) is 23.8 Å². The molecule has 0 N–H and O–H groups in total. The van der Waals surface area contributed by atoms with Crippen LogP contribution in [0.5, 0.6) is 11.5 Å². The van der Waals surface area contributed by atoms with Crippen molar-refractivity contribution in [2.75, 3.05) is 6.61 Å². The molecule has 3 rings (SSSR count). The molecule has 0 amide bonds. The first-order valence-electron chi connectivity index (χ1n) is 14.2. The van der Waals surface area contributed by atoms with E-state index < -0.39 is 5.97 Å². The molecule has 0 unspecified atom stereocenters. The Kier molecular flexibility index (Phi) is 12.4. The normalized spacial score (nSPS) is 10.7. The molecule has 0 aromatic heterocycles. The van der Waals surface area contributed by atoms with Crippen molar-refractivity contribution in [3.63, 3.8) is 0 Å². The summed E-state index contributed by atoms with van der Waals surface area (Å²) in [7, 11) is 0. The second-order valence-corrected chi connectivity index (χ2v) is 9.85. The summed E-state index contributed by atoms with van der Waals surface area (Å²) in [5.74, 6) is 0.898. The molecule has 0 spiro atoms. The molecule has 0 atom stereocenters. The largest absolute Gasteiger partial charge is 0.494 e. The number of esters is 1. The fourth-order valence-electron chi connectivity index (χ4n) is 4.47. The number of hydrogen-bond donors (Lipinski definition) is 0. The maximum absolute atomic E-state index is 12.7. The van der Waals surface area contributed by atoms with E-state index in [9.17, 15) is 10.1 Å². The molecule has 0 aliphatic rings. The molecular weight excluding hydrogens is 470 g/mol. The van der Waals surface area contributed by atoms with Crippen LogP contribution in [0.3, 0.4) is 0 Å². The fourth-order valence-corrected chi connectivity index (χ4v) is 4.47. The van der Waals surface area contributed by atoms with E-state index in [2.05, 4.69) is 19.9 Å². The zero-order chi connectivity index (χ0) is 27.0. The molecule has 0 saturated carbocycles. The van der Waals surface area contributed by atoms with Gasteiger partial charge < -0.3 is 9.47 Å². The van der Waals surface area contributed by atoms with Gasteiger partial charge in [0.1, 0.15) is 11.5 Å². The second-order valence-electron chi connectivity index (χ2n) is 9.85. The average Bonchev–Trinajstić information content (AvgIpc) is 2.95. The van der Waals surface area contributed by atoms with Crippen molar-refractivity contribution >= 4 is 5.97 Å². The number of hydrogen-bond acceptors (Lipinski definition) is 4. The SMILES string of the molecule is CCCCCCCCOc1ccc(-c2ccc(OC(=O)c3ccc(CCCCCC)c(C#N)c3)cc2)cc1. The molecule has 4 nitrogen and oxygen atoms in total. The molecule has 3 aromatic rings. The summed E-state index contributed by atoms with van der Waals surface area (Å²) < 4.78 is 11.5. The quantitative estimate of drug-likeness (QED) is 0.109. The highest BCUT2D eigenvalue weighted by Crippen LogP contribution is 2.25. The summed E-state index contributed by atoms with van der Waals surface area (Å²) in [4.78, 5) is 12.7. The number of carbonyl (C=O) groups is 1. The van der Waals surface area contributed by atoms with Crippen molar-refractivity contribution in [3.8, 4) is 28.7 Å². The minimum Gasteiger partial charge on any atom is -0.494 e. The summed E-state index contributed by atoms with van der Waals surface area (Å²) in [6, 6.07) is 23.1. The third kappa shape index (κ3) is 9.38. The van der Waals surface area contributed by atoms with Crippen LogP contribution >= 0.6 is 0 Å². The van der Waals surface area contributed by atoms with E-state index in [1.165, 1.54) is 44.9 Å². The van der Waals surface area contributed by atoms with E-state index in [1.54, 1.807) is 24.3 Å². The van der Waals surface area contributed by atoms with E-state index in [0.29, 0.717) is 16.9 Å². The van der Waals surface area contributed by atoms with Crippen LogP contribution in [0.15, 0.2) is 66.7 Å². The summed E-state index contributed by atoms with van der Waals surface area (Å²) in [6.45, 7) is 5.17. The number of carbonyl (C=O) groups excluding carboxylic acids is 1. The Hall–Kier alpha value is -3.58. The van der Waals surface area contributed by atoms with Crippen molar-refractivity contribution in [3.05, 3.63) is 83.4 Å². The number of aryl methyl sites for hydroxylation is 1. The molecule has 4 heteroatoms. The van der Waals surface area contributed by atoms with Crippen LogP contribution in [0.1, 0.15) is 99.5 Å². The van der Waals surface area contributed by atoms with Crippen LogP contribution < -0.4 is 9.47 Å². The number of nitriles is 1. The number of benzene rings is 3. The molecule has 0 heterocycles. The van der Waals surface area contributed by atoms with Crippen molar-refractivity contribution < 1.29 is 14.3 Å². The number of nitrogens with zero attached hydrogens (tertiary/aromatic N) is 1. The lowest BCUT2D eigenvalue weighted by Gasteiger charge is -2.09. The lowest BCUT2D eigenvalue weighted by atomic mass is 9.99. The van der Waals surface area contributed by atoms with E-state index in [1.807, 2.05) is 42.5 Å². The highest BCUT2D eigenvalue weighted by atomic mass is 16.5. The van der Waals surface area contributed by atoms with Gasteiger partial charge in [0.2, 0.25) is 0 Å². The summed E-state index contributed by atoms with van der Waals surface area (Å²) in [6.07, 6.45) is 12.9. The Labute approximate surface area is 228 Å². The van der Waals surface area contributed by atoms with Crippen molar-refractivity contribution in [2.24, 2.45) is 0 Å². The molecule has 0 radical (unpaired) electrons. The Morgan fingerprint density at radius 2 is 1.29 bits per heavy atom. The first kappa shape index (κ1) is 29.0. The minimum absolute atomic E-state index is 0.388. The lowest BCUT2D eigenvalue weighted by molar-refractivity contribution is 0.0734. The highest BCUT2D eigenvalue weighted by Gasteiger charge is 2.12. The van der Waals surface area contributed by atoms with E-state index in [0.717, 1.165) is 54.7 Å². The zero-order valence-electron chi connectivity index (χ0n) is 23.0. The fraction of sp³-hybridized carbons (Fsp3) is 0.412. The summed E-state index contributed by atoms with van der Waals surface area (Å²) in [5.41, 5.74) is 4.03. The molecule has 0 aliphatic heterocycles. The Morgan fingerprint density at radius 3 is 1.92 bits per heavy atom. The first-order chi connectivity index (χ1) is 18.6. The van der Waals surface area contributed by atoms with E-state index in [-0.39, 0.29) is 0 Å². The molecule has 0 saturated heterocycles. The lowest BCUT2D eigenvalue weighted by Crippen LogP contribution is -2.09. The topological polar surface area (TPSA) is 59.3 Å². The van der Waals surface area contributed by atoms with Gasteiger partial charge in [-0.1, -0.05) is 95.5 Å². The standard InChI is InChI=1S/C34H41NO3/c1-3-5-7-9-10-12-24-37-32-20-16-28(17-21-32)29-18-22-33(23-19-29)38-34(36)30-15-14-27(31(25-30)26-35)13-11-8-6-4-2/h14-23,25H,3-13,24H2,1-2H3. The van der Waals surface area contributed by atoms with Crippen LogP contribution in [-0.4, -0.2) is 12.6 Å². The van der Waals surface area contributed by atoms with Crippen LogP contribution in [0.4, 0.5) is 0 Å². The van der Waals surface area contributed by atoms with Crippen LogP contribution in [-0.2, 0) is 6.42 Å². The summed E-state index contributed by atoms with van der Waals surface area (Å²) in [5, 5.41) is 9.55. The van der Waals surface area contributed by atoms with Gasteiger partial charge in [0.25, 0.3) is 0 Å². The zero-order valence-corrected chi connectivity index (χ0v) is 23.0. The molecule has 38 heavy (non-hydrogen) atoms. The van der Waals surface area contributed by atoms with Gasteiger partial charge in [-0.2, -0.15) is 5.26 Å². The van der Waals surface area contributed by atoms with Gasteiger partial charge in [-0.25, -0.2) is 4.79 Å².